The zero-order chi connectivity index (χ0) is 19.3. The Kier molecular flexibility index (Phi) is 5.75. The summed E-state index contributed by atoms with van der Waals surface area (Å²) >= 11 is 0. The van der Waals surface area contributed by atoms with Crippen LogP contribution in [0.1, 0.15) is 16.7 Å². The van der Waals surface area contributed by atoms with Crippen LogP contribution in [0.3, 0.4) is 0 Å². The molecule has 8 nitrogen and oxygen atoms in total. The van der Waals surface area contributed by atoms with E-state index in [2.05, 4.69) is 5.32 Å². The van der Waals surface area contributed by atoms with Crippen LogP contribution in [-0.4, -0.2) is 24.5 Å². The highest BCUT2D eigenvalue weighted by molar-refractivity contribution is 5.95. The van der Waals surface area contributed by atoms with Crippen LogP contribution in [0, 0.1) is 35.3 Å². The molecule has 0 saturated carbocycles. The first-order chi connectivity index (χ1) is 12.4. The van der Waals surface area contributed by atoms with Gasteiger partial charge in [0, 0.05) is 12.1 Å². The molecule has 0 unspecified atom stereocenters. The SMILES string of the molecule is COc1cc(C#N)ccc1OCC(=O)Nc1c([N+](=O)[O-])ccc(C)c1C. The fourth-order valence-corrected chi connectivity index (χ4v) is 2.29. The lowest BCUT2D eigenvalue weighted by atomic mass is 10.1. The van der Waals surface area contributed by atoms with Gasteiger partial charge in [-0.1, -0.05) is 6.07 Å². The molecule has 26 heavy (non-hydrogen) atoms. The number of methoxy groups -OCH3 is 1. The number of nitrogens with one attached hydrogen (secondary N) is 1. The molecule has 2 rings (SSSR count). The highest BCUT2D eigenvalue weighted by Crippen LogP contribution is 2.31. The van der Waals surface area contributed by atoms with E-state index in [-0.39, 0.29) is 23.7 Å². The summed E-state index contributed by atoms with van der Waals surface area (Å²) in [5.41, 5.74) is 1.79. The van der Waals surface area contributed by atoms with Gasteiger partial charge in [-0.2, -0.15) is 5.26 Å². The van der Waals surface area contributed by atoms with E-state index < -0.39 is 10.8 Å². The molecule has 2 aromatic carbocycles. The number of amides is 1. The molecule has 0 atom stereocenters. The zero-order valence-electron chi connectivity index (χ0n) is 14.5. The van der Waals surface area contributed by atoms with Gasteiger partial charge < -0.3 is 14.8 Å². The topological polar surface area (TPSA) is 114 Å². The predicted molar refractivity (Wildman–Crippen MR) is 94.4 cm³/mol. The van der Waals surface area contributed by atoms with Crippen molar-refractivity contribution >= 4 is 17.3 Å². The summed E-state index contributed by atoms with van der Waals surface area (Å²) in [6.07, 6.45) is 0. The molecule has 0 aliphatic carbocycles. The minimum Gasteiger partial charge on any atom is -0.493 e. The first kappa shape index (κ1) is 18.7. The Bertz CT molecular complexity index is 902. The van der Waals surface area contributed by atoms with Crippen LogP contribution in [0.5, 0.6) is 11.5 Å². The molecule has 134 valence electrons. The largest absolute Gasteiger partial charge is 0.493 e. The first-order valence-corrected chi connectivity index (χ1v) is 7.62. The molecule has 0 fully saturated rings. The molecule has 0 saturated heterocycles. The van der Waals surface area contributed by atoms with Crippen LogP contribution in [0.2, 0.25) is 0 Å². The molecule has 0 radical (unpaired) electrons. The van der Waals surface area contributed by atoms with Crippen LogP contribution in [0.15, 0.2) is 30.3 Å². The number of carbonyl (C=O) groups excluding carboxylic acids is 1. The Balaban J connectivity index is 2.15. The monoisotopic (exact) mass is 355 g/mol. The fourth-order valence-electron chi connectivity index (χ4n) is 2.29. The Morgan fingerprint density at radius 1 is 1.27 bits per heavy atom. The van der Waals surface area contributed by atoms with Gasteiger partial charge in [-0.3, -0.25) is 14.9 Å². The van der Waals surface area contributed by atoms with Gasteiger partial charge in [0.1, 0.15) is 5.69 Å². The van der Waals surface area contributed by atoms with Crippen LogP contribution in [-0.2, 0) is 4.79 Å². The molecule has 1 N–H and O–H groups in total. The number of nitro benzene ring substituents is 1. The first-order valence-electron chi connectivity index (χ1n) is 7.62. The van der Waals surface area contributed by atoms with Gasteiger partial charge in [-0.25, -0.2) is 0 Å². The highest BCUT2D eigenvalue weighted by atomic mass is 16.6. The van der Waals surface area contributed by atoms with Gasteiger partial charge in [0.2, 0.25) is 0 Å². The summed E-state index contributed by atoms with van der Waals surface area (Å²) in [5.74, 6) is 0.0555. The van der Waals surface area contributed by atoms with Gasteiger partial charge >= 0.3 is 0 Å². The van der Waals surface area contributed by atoms with E-state index in [9.17, 15) is 14.9 Å². The molecule has 0 heterocycles. The van der Waals surface area contributed by atoms with Gasteiger partial charge in [-0.05, 0) is 37.1 Å². The second kappa shape index (κ2) is 7.98. The molecule has 0 aliphatic rings. The number of benzene rings is 2. The van der Waals surface area contributed by atoms with E-state index in [4.69, 9.17) is 14.7 Å². The fraction of sp³-hybridized carbons (Fsp3) is 0.222. The molecule has 8 heteroatoms. The Morgan fingerprint density at radius 3 is 2.62 bits per heavy atom. The quantitative estimate of drug-likeness (QED) is 0.629. The molecule has 0 aromatic heterocycles. The lowest BCUT2D eigenvalue weighted by Gasteiger charge is -2.13. The number of nitriles is 1. The molecular formula is C18H17N3O5. The smallest absolute Gasteiger partial charge is 0.293 e. The van der Waals surface area contributed by atoms with Crippen molar-refractivity contribution in [3.05, 3.63) is 57.1 Å². The van der Waals surface area contributed by atoms with Crippen LogP contribution in [0.25, 0.3) is 0 Å². The average molecular weight is 355 g/mol. The number of hydrogen-bond acceptors (Lipinski definition) is 6. The van der Waals surface area contributed by atoms with Crippen molar-refractivity contribution in [1.82, 2.24) is 0 Å². The Labute approximate surface area is 150 Å². The normalized spacial score (nSPS) is 9.92. The lowest BCUT2D eigenvalue weighted by Crippen LogP contribution is -2.21. The van der Waals surface area contributed by atoms with Gasteiger partial charge in [0.25, 0.3) is 11.6 Å². The number of rotatable bonds is 6. The summed E-state index contributed by atoms with van der Waals surface area (Å²) < 4.78 is 10.5. The van der Waals surface area contributed by atoms with Crippen LogP contribution < -0.4 is 14.8 Å². The lowest BCUT2D eigenvalue weighted by molar-refractivity contribution is -0.384. The summed E-state index contributed by atoms with van der Waals surface area (Å²) in [7, 11) is 1.42. The maximum Gasteiger partial charge on any atom is 0.293 e. The average Bonchev–Trinajstić information content (AvgIpc) is 2.63. The molecule has 1 amide bonds. The van der Waals surface area contributed by atoms with Crippen molar-refractivity contribution in [1.29, 1.82) is 5.26 Å². The van der Waals surface area contributed by atoms with E-state index in [0.29, 0.717) is 16.9 Å². The van der Waals surface area contributed by atoms with E-state index in [1.807, 2.05) is 6.07 Å². The third-order valence-electron chi connectivity index (χ3n) is 3.83. The number of ether oxygens (including phenoxy) is 2. The second-order valence-electron chi connectivity index (χ2n) is 5.47. The minimum absolute atomic E-state index is 0.149. The third kappa shape index (κ3) is 4.08. The Hall–Kier alpha value is -3.60. The summed E-state index contributed by atoms with van der Waals surface area (Å²) in [4.78, 5) is 22.8. The molecular weight excluding hydrogens is 338 g/mol. The predicted octanol–water partition coefficient (Wildman–Crippen LogP) is 3.11. The van der Waals surface area contributed by atoms with E-state index in [1.54, 1.807) is 19.9 Å². The highest BCUT2D eigenvalue weighted by Gasteiger charge is 2.20. The van der Waals surface area contributed by atoms with E-state index >= 15 is 0 Å². The van der Waals surface area contributed by atoms with E-state index in [0.717, 1.165) is 5.56 Å². The molecule has 2 aromatic rings. The number of aryl methyl sites for hydroxylation is 1. The second-order valence-corrected chi connectivity index (χ2v) is 5.47. The van der Waals surface area contributed by atoms with Gasteiger partial charge in [0.05, 0.1) is 23.7 Å². The zero-order valence-corrected chi connectivity index (χ0v) is 14.5. The van der Waals surface area contributed by atoms with Gasteiger partial charge in [-0.15, -0.1) is 0 Å². The maximum atomic E-state index is 12.2. The molecule has 0 spiro atoms. The standard InChI is InChI=1S/C18H17N3O5/c1-11-4-6-14(21(23)24)18(12(11)2)20-17(22)10-26-15-7-5-13(9-19)8-16(15)25-3/h4-8H,10H2,1-3H3,(H,20,22). The van der Waals surface area contributed by atoms with Crippen molar-refractivity contribution in [2.24, 2.45) is 0 Å². The van der Waals surface area contributed by atoms with Crippen molar-refractivity contribution in [3.8, 4) is 17.6 Å². The Morgan fingerprint density at radius 2 is 2.00 bits per heavy atom. The summed E-state index contributed by atoms with van der Waals surface area (Å²) in [5, 5.41) is 22.6. The van der Waals surface area contributed by atoms with E-state index in [1.165, 1.54) is 31.4 Å². The number of nitro groups is 1. The third-order valence-corrected chi connectivity index (χ3v) is 3.83. The van der Waals surface area contributed by atoms with Gasteiger partial charge in [0.15, 0.2) is 18.1 Å². The number of anilines is 1. The number of nitrogens with zero attached hydrogens (tertiary/aromatic N) is 2. The maximum absolute atomic E-state index is 12.2. The molecule has 0 bridgehead atoms. The van der Waals surface area contributed by atoms with Crippen molar-refractivity contribution in [2.75, 3.05) is 19.0 Å². The van der Waals surface area contributed by atoms with Crippen LogP contribution in [0.4, 0.5) is 11.4 Å². The summed E-state index contributed by atoms with van der Waals surface area (Å²) in [6, 6.07) is 9.49. The van der Waals surface area contributed by atoms with Crippen LogP contribution >= 0.6 is 0 Å². The summed E-state index contributed by atoms with van der Waals surface area (Å²) in [6.45, 7) is 3.13. The number of carbonyl (C=O) groups is 1. The van der Waals surface area contributed by atoms with Crippen molar-refractivity contribution in [3.63, 3.8) is 0 Å². The molecule has 0 aliphatic heterocycles. The van der Waals surface area contributed by atoms with Crippen molar-refractivity contribution in [2.45, 2.75) is 13.8 Å². The minimum atomic E-state index is -0.549. The van der Waals surface area contributed by atoms with Crippen molar-refractivity contribution < 1.29 is 19.2 Å². The number of hydrogen-bond donors (Lipinski definition) is 1.